The Balaban J connectivity index is 1.67. The minimum atomic E-state index is -0.979. The van der Waals surface area contributed by atoms with E-state index in [1.165, 1.54) is 0 Å². The van der Waals surface area contributed by atoms with E-state index in [0.29, 0.717) is 18.1 Å². The fraction of sp³-hybridized carbons (Fsp3) is 0.278. The van der Waals surface area contributed by atoms with Crippen molar-refractivity contribution < 1.29 is 9.00 Å². The van der Waals surface area contributed by atoms with Crippen molar-refractivity contribution >= 4 is 16.8 Å². The first-order valence-corrected chi connectivity index (χ1v) is 9.12. The predicted molar refractivity (Wildman–Crippen MR) is 94.5 cm³/mol. The van der Waals surface area contributed by atoms with Crippen LogP contribution in [0.25, 0.3) is 0 Å². The molecule has 0 aliphatic rings. The molecule has 2 rings (SSSR count). The Labute approximate surface area is 139 Å². The second-order valence-corrected chi connectivity index (χ2v) is 6.88. The highest BCUT2D eigenvalue weighted by molar-refractivity contribution is 7.84. The van der Waals surface area contributed by atoms with Gasteiger partial charge in [-0.15, -0.1) is 0 Å². The first-order chi connectivity index (χ1) is 11.1. The Bertz CT molecular complexity index is 632. The Morgan fingerprint density at radius 3 is 2.30 bits per heavy atom. The summed E-state index contributed by atoms with van der Waals surface area (Å²) >= 11 is 0. The SMILES string of the molecule is C[C@H](NC(=O)NCC[S@@](=O)Cc1ccccc1)c1ccccc1. The van der Waals surface area contributed by atoms with E-state index in [9.17, 15) is 9.00 Å². The zero-order valence-electron chi connectivity index (χ0n) is 13.2. The molecular weight excluding hydrogens is 308 g/mol. The smallest absolute Gasteiger partial charge is 0.315 e. The Hall–Kier alpha value is -2.14. The number of hydrogen-bond acceptors (Lipinski definition) is 2. The number of rotatable bonds is 7. The van der Waals surface area contributed by atoms with Crippen LogP contribution < -0.4 is 10.6 Å². The molecule has 5 heteroatoms. The molecule has 0 unspecified atom stereocenters. The van der Waals surface area contributed by atoms with E-state index in [4.69, 9.17) is 0 Å². The lowest BCUT2D eigenvalue weighted by Gasteiger charge is -2.15. The van der Waals surface area contributed by atoms with Crippen molar-refractivity contribution in [1.29, 1.82) is 0 Å². The van der Waals surface area contributed by atoms with Crippen molar-refractivity contribution in [1.82, 2.24) is 10.6 Å². The lowest BCUT2D eigenvalue weighted by Crippen LogP contribution is -2.38. The fourth-order valence-electron chi connectivity index (χ4n) is 2.18. The average Bonchev–Trinajstić information content (AvgIpc) is 2.56. The van der Waals surface area contributed by atoms with E-state index in [1.807, 2.05) is 67.6 Å². The summed E-state index contributed by atoms with van der Waals surface area (Å²) in [6.45, 7) is 2.33. The molecule has 0 saturated carbocycles. The topological polar surface area (TPSA) is 58.2 Å². The Morgan fingerprint density at radius 2 is 1.65 bits per heavy atom. The molecule has 4 nitrogen and oxygen atoms in total. The lowest BCUT2D eigenvalue weighted by molar-refractivity contribution is 0.238. The van der Waals surface area contributed by atoms with E-state index in [-0.39, 0.29) is 12.1 Å². The molecular formula is C18H22N2O2S. The zero-order chi connectivity index (χ0) is 16.5. The van der Waals surface area contributed by atoms with Gasteiger partial charge >= 0.3 is 6.03 Å². The van der Waals surface area contributed by atoms with Crippen molar-refractivity contribution in [2.45, 2.75) is 18.7 Å². The van der Waals surface area contributed by atoms with Gasteiger partial charge in [0.2, 0.25) is 0 Å². The second kappa shape index (κ2) is 9.10. The highest BCUT2D eigenvalue weighted by atomic mass is 32.2. The van der Waals surface area contributed by atoms with E-state index in [1.54, 1.807) is 0 Å². The Morgan fingerprint density at radius 1 is 1.04 bits per heavy atom. The van der Waals surface area contributed by atoms with E-state index >= 15 is 0 Å². The molecule has 0 heterocycles. The molecule has 0 aromatic heterocycles. The summed E-state index contributed by atoms with van der Waals surface area (Å²) in [5.41, 5.74) is 2.10. The predicted octanol–water partition coefficient (Wildman–Crippen LogP) is 3.00. The largest absolute Gasteiger partial charge is 0.337 e. The van der Waals surface area contributed by atoms with Crippen LogP contribution in [0.15, 0.2) is 60.7 Å². The maximum absolute atomic E-state index is 12.0. The molecule has 2 atom stereocenters. The first kappa shape index (κ1) is 17.2. The van der Waals surface area contributed by atoms with Crippen LogP contribution in [-0.2, 0) is 16.6 Å². The molecule has 0 radical (unpaired) electrons. The molecule has 23 heavy (non-hydrogen) atoms. The quantitative estimate of drug-likeness (QED) is 0.820. The van der Waals surface area contributed by atoms with Crippen LogP contribution in [0.4, 0.5) is 4.79 Å². The summed E-state index contributed by atoms with van der Waals surface area (Å²) in [4.78, 5) is 11.8. The van der Waals surface area contributed by atoms with Crippen LogP contribution in [0.2, 0.25) is 0 Å². The third kappa shape index (κ3) is 6.24. The normalized spacial score (nSPS) is 13.1. The zero-order valence-corrected chi connectivity index (χ0v) is 14.0. The third-order valence-electron chi connectivity index (χ3n) is 3.43. The standard InChI is InChI=1S/C18H22N2O2S/c1-15(17-10-6-3-7-11-17)20-18(21)19-12-13-23(22)14-16-8-4-2-5-9-16/h2-11,15H,12-14H2,1H3,(H2,19,20,21)/t15-,23+/m0/s1. The molecule has 2 aromatic rings. The summed E-state index contributed by atoms with van der Waals surface area (Å²) in [7, 11) is -0.979. The van der Waals surface area contributed by atoms with Gasteiger partial charge < -0.3 is 10.6 Å². The summed E-state index contributed by atoms with van der Waals surface area (Å²) in [5.74, 6) is 0.965. The van der Waals surface area contributed by atoms with E-state index in [2.05, 4.69) is 10.6 Å². The number of carbonyl (C=O) groups is 1. The highest BCUT2D eigenvalue weighted by Crippen LogP contribution is 2.10. The summed E-state index contributed by atoms with van der Waals surface area (Å²) < 4.78 is 12.0. The Kier molecular flexibility index (Phi) is 6.81. The van der Waals surface area contributed by atoms with Gasteiger partial charge in [-0.1, -0.05) is 60.7 Å². The van der Waals surface area contributed by atoms with Gasteiger partial charge in [-0.2, -0.15) is 0 Å². The van der Waals surface area contributed by atoms with Crippen molar-refractivity contribution in [3.8, 4) is 0 Å². The molecule has 2 N–H and O–H groups in total. The molecule has 0 spiro atoms. The molecule has 0 fully saturated rings. The van der Waals surface area contributed by atoms with Crippen LogP contribution >= 0.6 is 0 Å². The number of amides is 2. The minimum Gasteiger partial charge on any atom is -0.337 e. The van der Waals surface area contributed by atoms with Crippen LogP contribution in [-0.4, -0.2) is 22.5 Å². The van der Waals surface area contributed by atoms with Gasteiger partial charge in [0.1, 0.15) is 0 Å². The van der Waals surface area contributed by atoms with Gasteiger partial charge in [-0.25, -0.2) is 4.79 Å². The minimum absolute atomic E-state index is 0.0639. The maximum Gasteiger partial charge on any atom is 0.315 e. The fourth-order valence-corrected chi connectivity index (χ4v) is 3.22. The molecule has 2 aromatic carbocycles. The van der Waals surface area contributed by atoms with Gasteiger partial charge in [0.05, 0.1) is 6.04 Å². The molecule has 0 aliphatic carbocycles. The van der Waals surface area contributed by atoms with E-state index in [0.717, 1.165) is 11.1 Å². The van der Waals surface area contributed by atoms with Gasteiger partial charge in [0.15, 0.2) is 0 Å². The van der Waals surface area contributed by atoms with Crippen molar-refractivity contribution in [2.75, 3.05) is 12.3 Å². The van der Waals surface area contributed by atoms with Gasteiger partial charge in [0.25, 0.3) is 0 Å². The molecule has 0 bridgehead atoms. The van der Waals surface area contributed by atoms with Crippen LogP contribution in [0.3, 0.4) is 0 Å². The maximum atomic E-state index is 12.0. The third-order valence-corrected chi connectivity index (χ3v) is 4.75. The van der Waals surface area contributed by atoms with Crippen LogP contribution in [0.5, 0.6) is 0 Å². The van der Waals surface area contributed by atoms with Gasteiger partial charge in [0, 0.05) is 28.9 Å². The summed E-state index contributed by atoms with van der Waals surface area (Å²) in [6, 6.07) is 19.2. The van der Waals surface area contributed by atoms with Crippen molar-refractivity contribution in [3.05, 3.63) is 71.8 Å². The second-order valence-electron chi connectivity index (χ2n) is 5.31. The van der Waals surface area contributed by atoms with Crippen molar-refractivity contribution in [2.24, 2.45) is 0 Å². The molecule has 0 saturated heterocycles. The number of urea groups is 1. The number of hydrogen-bond donors (Lipinski definition) is 2. The number of nitrogens with one attached hydrogen (secondary N) is 2. The number of benzene rings is 2. The van der Waals surface area contributed by atoms with Crippen molar-refractivity contribution in [3.63, 3.8) is 0 Å². The summed E-state index contributed by atoms with van der Waals surface area (Å²) in [5, 5.41) is 5.63. The monoisotopic (exact) mass is 330 g/mol. The van der Waals surface area contributed by atoms with Gasteiger partial charge in [-0.3, -0.25) is 4.21 Å². The van der Waals surface area contributed by atoms with Crippen LogP contribution in [0, 0.1) is 0 Å². The van der Waals surface area contributed by atoms with Crippen LogP contribution in [0.1, 0.15) is 24.1 Å². The molecule has 2 amide bonds. The molecule has 122 valence electrons. The van der Waals surface area contributed by atoms with E-state index < -0.39 is 10.8 Å². The average molecular weight is 330 g/mol. The number of carbonyl (C=O) groups excluding carboxylic acids is 1. The lowest BCUT2D eigenvalue weighted by atomic mass is 10.1. The highest BCUT2D eigenvalue weighted by Gasteiger charge is 2.09. The first-order valence-electron chi connectivity index (χ1n) is 7.63. The summed E-state index contributed by atoms with van der Waals surface area (Å²) in [6.07, 6.45) is 0. The van der Waals surface area contributed by atoms with Gasteiger partial charge in [-0.05, 0) is 18.1 Å². The molecule has 0 aliphatic heterocycles.